The Bertz CT molecular complexity index is 586. The fourth-order valence-corrected chi connectivity index (χ4v) is 3.30. The Labute approximate surface area is 118 Å². The average molecular weight is 296 g/mol. The van der Waals surface area contributed by atoms with Gasteiger partial charge in [-0.2, -0.15) is 0 Å². The first-order valence-electron chi connectivity index (χ1n) is 5.57. The van der Waals surface area contributed by atoms with E-state index in [0.29, 0.717) is 9.24 Å². The van der Waals surface area contributed by atoms with Crippen molar-refractivity contribution >= 4 is 33.9 Å². The molecule has 0 fully saturated rings. The molecule has 0 bridgehead atoms. The molecule has 1 heterocycles. The van der Waals surface area contributed by atoms with Gasteiger partial charge in [0.2, 0.25) is 5.13 Å². The quantitative estimate of drug-likeness (QED) is 0.672. The maximum atomic E-state index is 10.9. The van der Waals surface area contributed by atoms with Crippen molar-refractivity contribution in [3.8, 4) is 0 Å². The molecule has 2 aromatic rings. The van der Waals surface area contributed by atoms with Crippen molar-refractivity contribution in [3.05, 3.63) is 34.4 Å². The topological polar surface area (TPSA) is 81.0 Å². The van der Waals surface area contributed by atoms with E-state index in [1.54, 1.807) is 18.2 Å². The standard InChI is InChI=1S/C11H12N4O2S2/c1-7(2)12-10-13-14-11(19-10)18-9-6-4-3-5-8(9)15(16)17/h3-7H,1-2H3,(H,12,13). The molecule has 1 aromatic heterocycles. The van der Waals surface area contributed by atoms with Gasteiger partial charge in [-0.05, 0) is 31.7 Å². The minimum atomic E-state index is -0.392. The van der Waals surface area contributed by atoms with Crippen LogP contribution in [0.25, 0.3) is 0 Å². The summed E-state index contributed by atoms with van der Waals surface area (Å²) in [5.74, 6) is 0. The maximum absolute atomic E-state index is 10.9. The largest absolute Gasteiger partial charge is 0.358 e. The molecule has 0 atom stereocenters. The highest BCUT2D eigenvalue weighted by Gasteiger charge is 2.15. The first-order valence-corrected chi connectivity index (χ1v) is 7.21. The van der Waals surface area contributed by atoms with Gasteiger partial charge in [-0.25, -0.2) is 0 Å². The van der Waals surface area contributed by atoms with Gasteiger partial charge in [0.25, 0.3) is 5.69 Å². The van der Waals surface area contributed by atoms with E-state index in [2.05, 4.69) is 15.5 Å². The summed E-state index contributed by atoms with van der Waals surface area (Å²) in [7, 11) is 0. The zero-order valence-electron chi connectivity index (χ0n) is 10.4. The fourth-order valence-electron chi connectivity index (χ4n) is 1.34. The van der Waals surface area contributed by atoms with Gasteiger partial charge in [0.1, 0.15) is 0 Å². The molecule has 0 aliphatic rings. The van der Waals surface area contributed by atoms with Gasteiger partial charge in [0.15, 0.2) is 4.34 Å². The third-order valence-electron chi connectivity index (χ3n) is 2.08. The summed E-state index contributed by atoms with van der Waals surface area (Å²) in [6.07, 6.45) is 0. The van der Waals surface area contributed by atoms with Gasteiger partial charge in [-0.3, -0.25) is 10.1 Å². The van der Waals surface area contributed by atoms with Crippen LogP contribution in [0.5, 0.6) is 0 Å². The number of anilines is 1. The Kier molecular flexibility index (Phi) is 4.33. The molecule has 0 saturated carbocycles. The van der Waals surface area contributed by atoms with Gasteiger partial charge in [-0.1, -0.05) is 23.5 Å². The van der Waals surface area contributed by atoms with Crippen LogP contribution in [0, 0.1) is 10.1 Å². The van der Waals surface area contributed by atoms with E-state index in [4.69, 9.17) is 0 Å². The van der Waals surface area contributed by atoms with Crippen molar-refractivity contribution in [2.45, 2.75) is 29.1 Å². The van der Waals surface area contributed by atoms with Crippen molar-refractivity contribution in [2.24, 2.45) is 0 Å². The molecule has 0 radical (unpaired) electrons. The summed E-state index contributed by atoms with van der Waals surface area (Å²) < 4.78 is 0.678. The molecule has 100 valence electrons. The first kappa shape index (κ1) is 13.8. The maximum Gasteiger partial charge on any atom is 0.283 e. The highest BCUT2D eigenvalue weighted by Crippen LogP contribution is 2.36. The summed E-state index contributed by atoms with van der Waals surface area (Å²) in [5, 5.41) is 22.8. The summed E-state index contributed by atoms with van der Waals surface area (Å²) >= 11 is 2.64. The lowest BCUT2D eigenvalue weighted by Crippen LogP contribution is -2.08. The number of nitrogens with zero attached hydrogens (tertiary/aromatic N) is 3. The second kappa shape index (κ2) is 5.98. The number of para-hydroxylation sites is 1. The Morgan fingerprint density at radius 3 is 2.79 bits per heavy atom. The smallest absolute Gasteiger partial charge is 0.283 e. The molecule has 0 unspecified atom stereocenters. The number of aromatic nitrogens is 2. The molecule has 0 aliphatic carbocycles. The minimum Gasteiger partial charge on any atom is -0.358 e. The number of nitrogens with one attached hydrogen (secondary N) is 1. The second-order valence-corrected chi connectivity index (χ2v) is 6.27. The number of nitro benzene ring substituents is 1. The van der Waals surface area contributed by atoms with Crippen LogP contribution in [-0.2, 0) is 0 Å². The van der Waals surface area contributed by atoms with Crippen LogP contribution in [-0.4, -0.2) is 21.2 Å². The molecule has 1 N–H and O–H groups in total. The van der Waals surface area contributed by atoms with Gasteiger partial charge in [0.05, 0.1) is 9.82 Å². The van der Waals surface area contributed by atoms with Crippen molar-refractivity contribution in [1.82, 2.24) is 10.2 Å². The molecule has 2 rings (SSSR count). The second-order valence-electron chi connectivity index (χ2n) is 4.00. The predicted octanol–water partition coefficient (Wildman–Crippen LogP) is 3.42. The van der Waals surface area contributed by atoms with Gasteiger partial charge < -0.3 is 5.32 Å². The van der Waals surface area contributed by atoms with Crippen LogP contribution in [0.2, 0.25) is 0 Å². The molecule has 0 aliphatic heterocycles. The monoisotopic (exact) mass is 296 g/mol. The van der Waals surface area contributed by atoms with Gasteiger partial charge >= 0.3 is 0 Å². The Balaban J connectivity index is 2.17. The molecular formula is C11H12N4O2S2. The molecule has 6 nitrogen and oxygen atoms in total. The van der Waals surface area contributed by atoms with Crippen LogP contribution in [0.3, 0.4) is 0 Å². The third-order valence-corrected chi connectivity index (χ3v) is 4.05. The van der Waals surface area contributed by atoms with E-state index in [1.807, 2.05) is 13.8 Å². The number of rotatable bonds is 5. The highest BCUT2D eigenvalue weighted by atomic mass is 32.2. The zero-order valence-corrected chi connectivity index (χ0v) is 12.0. The molecule has 19 heavy (non-hydrogen) atoms. The number of benzene rings is 1. The van der Waals surface area contributed by atoms with Crippen LogP contribution in [0.1, 0.15) is 13.8 Å². The zero-order chi connectivity index (χ0) is 13.8. The first-order chi connectivity index (χ1) is 9.06. The van der Waals surface area contributed by atoms with E-state index < -0.39 is 4.92 Å². The van der Waals surface area contributed by atoms with E-state index >= 15 is 0 Å². The molecule has 8 heteroatoms. The Morgan fingerprint density at radius 1 is 1.37 bits per heavy atom. The van der Waals surface area contributed by atoms with Crippen LogP contribution in [0.4, 0.5) is 10.8 Å². The van der Waals surface area contributed by atoms with Gasteiger partial charge in [-0.15, -0.1) is 10.2 Å². The van der Waals surface area contributed by atoms with E-state index in [-0.39, 0.29) is 11.7 Å². The fraction of sp³-hybridized carbons (Fsp3) is 0.273. The average Bonchev–Trinajstić information content (AvgIpc) is 2.76. The number of hydrogen-bond acceptors (Lipinski definition) is 7. The highest BCUT2D eigenvalue weighted by molar-refractivity contribution is 8.01. The van der Waals surface area contributed by atoms with E-state index in [0.717, 1.165) is 5.13 Å². The lowest BCUT2D eigenvalue weighted by atomic mass is 10.3. The molecule has 0 spiro atoms. The summed E-state index contributed by atoms with van der Waals surface area (Å²) in [6.45, 7) is 4.02. The van der Waals surface area contributed by atoms with Crippen LogP contribution < -0.4 is 5.32 Å². The molecule has 0 amide bonds. The van der Waals surface area contributed by atoms with Crippen LogP contribution in [0.15, 0.2) is 33.5 Å². The summed E-state index contributed by atoms with van der Waals surface area (Å²) in [5.41, 5.74) is 0.0843. The number of hydrogen-bond donors (Lipinski definition) is 1. The summed E-state index contributed by atoms with van der Waals surface area (Å²) in [6, 6.07) is 6.88. The molecular weight excluding hydrogens is 284 g/mol. The lowest BCUT2D eigenvalue weighted by molar-refractivity contribution is -0.387. The van der Waals surface area contributed by atoms with E-state index in [9.17, 15) is 10.1 Å². The predicted molar refractivity (Wildman–Crippen MR) is 75.9 cm³/mol. The number of nitro groups is 1. The van der Waals surface area contributed by atoms with E-state index in [1.165, 1.54) is 29.2 Å². The van der Waals surface area contributed by atoms with Crippen molar-refractivity contribution in [3.63, 3.8) is 0 Å². The van der Waals surface area contributed by atoms with Crippen LogP contribution >= 0.6 is 23.1 Å². The Morgan fingerprint density at radius 2 is 2.11 bits per heavy atom. The normalized spacial score (nSPS) is 10.7. The van der Waals surface area contributed by atoms with Crippen molar-refractivity contribution < 1.29 is 4.92 Å². The molecule has 0 saturated heterocycles. The third kappa shape index (κ3) is 3.65. The minimum absolute atomic E-state index is 0.0843. The van der Waals surface area contributed by atoms with Crippen molar-refractivity contribution in [1.29, 1.82) is 0 Å². The van der Waals surface area contributed by atoms with Gasteiger partial charge in [0, 0.05) is 12.1 Å². The lowest BCUT2D eigenvalue weighted by Gasteiger charge is -2.03. The summed E-state index contributed by atoms with van der Waals surface area (Å²) in [4.78, 5) is 11.1. The Hall–Kier alpha value is -1.67. The van der Waals surface area contributed by atoms with Crippen molar-refractivity contribution in [2.75, 3.05) is 5.32 Å². The molecule has 1 aromatic carbocycles. The SMILES string of the molecule is CC(C)Nc1nnc(Sc2ccccc2[N+](=O)[O-])s1.